The van der Waals surface area contributed by atoms with Gasteiger partial charge in [0, 0.05) is 5.54 Å². The van der Waals surface area contributed by atoms with Gasteiger partial charge in [-0.05, 0) is 159 Å². The molecule has 5 fully saturated rings. The van der Waals surface area contributed by atoms with Gasteiger partial charge in [-0.3, -0.25) is 4.79 Å². The molecule has 6 aliphatic carbocycles. The van der Waals surface area contributed by atoms with Crippen molar-refractivity contribution in [3.63, 3.8) is 0 Å². The summed E-state index contributed by atoms with van der Waals surface area (Å²) in [6, 6.07) is 0. The van der Waals surface area contributed by atoms with Crippen molar-refractivity contribution < 1.29 is 24.1 Å². The average molecular weight is 666 g/mol. The summed E-state index contributed by atoms with van der Waals surface area (Å²) in [5.74, 6) is 2.05. The minimum absolute atomic E-state index is 0.00542. The van der Waals surface area contributed by atoms with Gasteiger partial charge in [0.05, 0.1) is 18.6 Å². The minimum Gasteiger partial charge on any atom is -0.481 e. The van der Waals surface area contributed by atoms with E-state index in [9.17, 15) is 19.4 Å². The Hall–Kier alpha value is -1.50. The first kappa shape index (κ1) is 34.9. The number of hydrogen-bond donors (Lipinski definition) is 3. The zero-order valence-corrected chi connectivity index (χ0v) is 30.9. The molecule has 0 amide bonds. The van der Waals surface area contributed by atoms with Gasteiger partial charge in [0.15, 0.2) is 0 Å². The van der Waals surface area contributed by atoms with E-state index in [0.29, 0.717) is 62.1 Å². The highest BCUT2D eigenvalue weighted by Gasteiger charge is 2.70. The van der Waals surface area contributed by atoms with E-state index in [4.69, 9.17) is 4.74 Å². The molecule has 0 radical (unpaired) electrons. The SMILES string of the molecule is C=C(C)C1CCC2(NCCC3(O)COC3)CCC3(C)C(CCC4C5(C)CC=C(C6=CCC(CF)(C(=O)O)CC6)C(C)(C)C5CCC43C)C12. The highest BCUT2D eigenvalue weighted by molar-refractivity contribution is 5.75. The highest BCUT2D eigenvalue weighted by atomic mass is 19.1. The molecule has 6 heteroatoms. The molecule has 3 N–H and O–H groups in total. The molecule has 1 aliphatic heterocycles. The summed E-state index contributed by atoms with van der Waals surface area (Å²) < 4.78 is 19.3. The number of alkyl halides is 1. The van der Waals surface area contributed by atoms with E-state index in [2.05, 4.69) is 65.6 Å². The van der Waals surface area contributed by atoms with Crippen LogP contribution in [0.5, 0.6) is 0 Å². The number of nitrogens with one attached hydrogen (secondary N) is 1. The summed E-state index contributed by atoms with van der Waals surface area (Å²) in [5.41, 5.74) is 3.02. The van der Waals surface area contributed by atoms with Gasteiger partial charge in [-0.25, -0.2) is 4.39 Å². The first-order chi connectivity index (χ1) is 22.5. The fourth-order valence-corrected chi connectivity index (χ4v) is 14.1. The van der Waals surface area contributed by atoms with Crippen LogP contribution in [0.3, 0.4) is 0 Å². The normalized spacial score (nSPS) is 47.3. The van der Waals surface area contributed by atoms with Gasteiger partial charge in [0.25, 0.3) is 0 Å². The smallest absolute Gasteiger partial charge is 0.312 e. The number of carboxylic acid groups (broad SMARTS) is 1. The largest absolute Gasteiger partial charge is 0.481 e. The van der Waals surface area contributed by atoms with E-state index in [0.717, 1.165) is 19.4 Å². The lowest BCUT2D eigenvalue weighted by Crippen LogP contribution is -2.68. The van der Waals surface area contributed by atoms with E-state index in [1.165, 1.54) is 68.1 Å². The lowest BCUT2D eigenvalue weighted by Gasteiger charge is -2.72. The number of carbonyl (C=O) groups is 1. The first-order valence-electron chi connectivity index (χ1n) is 19.4. The molecule has 48 heavy (non-hydrogen) atoms. The van der Waals surface area contributed by atoms with Crippen molar-refractivity contribution in [2.75, 3.05) is 26.4 Å². The molecule has 1 heterocycles. The second kappa shape index (κ2) is 11.5. The quantitative estimate of drug-likeness (QED) is 0.226. The van der Waals surface area contributed by atoms with Crippen LogP contribution in [0.4, 0.5) is 4.39 Å². The number of aliphatic carboxylic acids is 1. The van der Waals surface area contributed by atoms with Crippen LogP contribution in [0, 0.1) is 56.7 Å². The fourth-order valence-electron chi connectivity index (χ4n) is 14.1. The number of hydrogen-bond acceptors (Lipinski definition) is 4. The van der Waals surface area contributed by atoms with Crippen LogP contribution in [0.15, 0.2) is 35.5 Å². The molecular formula is C42H64FNO4. The Morgan fingerprint density at radius 3 is 2.31 bits per heavy atom. The van der Waals surface area contributed by atoms with Crippen LogP contribution in [-0.2, 0) is 9.53 Å². The van der Waals surface area contributed by atoms with Crippen LogP contribution >= 0.6 is 0 Å². The maximum Gasteiger partial charge on any atom is 0.312 e. The van der Waals surface area contributed by atoms with Gasteiger partial charge in [0.1, 0.15) is 12.3 Å². The van der Waals surface area contributed by atoms with Crippen molar-refractivity contribution in [2.45, 2.75) is 136 Å². The fraction of sp³-hybridized carbons (Fsp3) is 0.833. The zero-order chi connectivity index (χ0) is 34.5. The summed E-state index contributed by atoms with van der Waals surface area (Å²) >= 11 is 0. The molecule has 0 bridgehead atoms. The Kier molecular flexibility index (Phi) is 8.37. The topological polar surface area (TPSA) is 78.8 Å². The van der Waals surface area contributed by atoms with Gasteiger partial charge in [0.2, 0.25) is 0 Å². The van der Waals surface area contributed by atoms with Crippen LogP contribution in [-0.4, -0.2) is 53.8 Å². The van der Waals surface area contributed by atoms with E-state index in [1.54, 1.807) is 0 Å². The predicted molar refractivity (Wildman–Crippen MR) is 189 cm³/mol. The standard InChI is InChI=1S/C42H64FNO4/c1-27(2)29-12-19-42(44-23-22-41(47)25-48-26-41)21-20-38(6)31(34(29)42)8-9-33-37(5)15-13-30(36(3,4)32(37)14-16-39(33,38)7)28-10-17-40(24-43,18-11-28)35(45)46/h10,13,29,31-34,44,47H,1,8-9,11-12,14-26H2,2-7H3,(H,45,46). The summed E-state index contributed by atoms with van der Waals surface area (Å²) in [5, 5.41) is 24.7. The maximum absolute atomic E-state index is 13.9. The van der Waals surface area contributed by atoms with Crippen molar-refractivity contribution in [2.24, 2.45) is 56.7 Å². The monoisotopic (exact) mass is 665 g/mol. The molecule has 7 aliphatic rings. The molecule has 10 atom stereocenters. The first-order valence-corrected chi connectivity index (χ1v) is 19.4. The zero-order valence-electron chi connectivity index (χ0n) is 30.9. The molecule has 5 nitrogen and oxygen atoms in total. The summed E-state index contributed by atoms with van der Waals surface area (Å²) in [6.07, 6.45) is 17.8. The lowest BCUT2D eigenvalue weighted by molar-refractivity contribution is -0.221. The number of carboxylic acids is 1. The van der Waals surface area contributed by atoms with Gasteiger partial charge < -0.3 is 20.3 Å². The molecule has 268 valence electrons. The Labute approximate surface area is 289 Å². The summed E-state index contributed by atoms with van der Waals surface area (Å²) in [6.45, 7) is 20.8. The van der Waals surface area contributed by atoms with Crippen molar-refractivity contribution >= 4 is 5.97 Å². The van der Waals surface area contributed by atoms with E-state index in [-0.39, 0.29) is 27.2 Å². The molecule has 0 aromatic carbocycles. The number of halogens is 1. The Bertz CT molecular complexity index is 1400. The van der Waals surface area contributed by atoms with Gasteiger partial charge in [-0.1, -0.05) is 58.9 Å². The highest BCUT2D eigenvalue weighted by Crippen LogP contribution is 2.76. The Morgan fingerprint density at radius 1 is 0.958 bits per heavy atom. The van der Waals surface area contributed by atoms with Crippen molar-refractivity contribution in [1.29, 1.82) is 0 Å². The molecule has 0 spiro atoms. The molecule has 0 aromatic rings. The van der Waals surface area contributed by atoms with E-state index in [1.807, 2.05) is 0 Å². The Morgan fingerprint density at radius 2 is 1.71 bits per heavy atom. The van der Waals surface area contributed by atoms with Crippen LogP contribution < -0.4 is 5.32 Å². The van der Waals surface area contributed by atoms with E-state index >= 15 is 0 Å². The van der Waals surface area contributed by atoms with Crippen molar-refractivity contribution in [3.8, 4) is 0 Å². The molecule has 0 aromatic heterocycles. The molecule has 1 saturated heterocycles. The average Bonchev–Trinajstić information content (AvgIpc) is 3.40. The van der Waals surface area contributed by atoms with Crippen molar-refractivity contribution in [3.05, 3.63) is 35.5 Å². The predicted octanol–water partition coefficient (Wildman–Crippen LogP) is 8.82. The third-order valence-corrected chi connectivity index (χ3v) is 17.1. The molecule has 10 unspecified atom stereocenters. The second-order valence-electron chi connectivity index (χ2n) is 19.4. The van der Waals surface area contributed by atoms with Crippen LogP contribution in [0.1, 0.15) is 125 Å². The third-order valence-electron chi connectivity index (χ3n) is 17.1. The van der Waals surface area contributed by atoms with Gasteiger partial charge in [-0.15, -0.1) is 0 Å². The number of allylic oxidation sites excluding steroid dienone is 5. The lowest BCUT2D eigenvalue weighted by atomic mass is 9.33. The van der Waals surface area contributed by atoms with Crippen LogP contribution in [0.25, 0.3) is 0 Å². The van der Waals surface area contributed by atoms with Gasteiger partial charge in [-0.2, -0.15) is 0 Å². The molecule has 4 saturated carbocycles. The maximum atomic E-state index is 13.9. The minimum atomic E-state index is -1.25. The number of fused-ring (bicyclic) bond motifs is 7. The van der Waals surface area contributed by atoms with Crippen LogP contribution in [0.2, 0.25) is 0 Å². The third kappa shape index (κ3) is 4.80. The number of ether oxygens (including phenoxy) is 1. The Balaban J connectivity index is 1.16. The summed E-state index contributed by atoms with van der Waals surface area (Å²) in [4.78, 5) is 12.0. The second-order valence-corrected chi connectivity index (χ2v) is 19.4. The summed E-state index contributed by atoms with van der Waals surface area (Å²) in [7, 11) is 0. The van der Waals surface area contributed by atoms with Crippen molar-refractivity contribution in [1.82, 2.24) is 5.32 Å². The molecular weight excluding hydrogens is 601 g/mol. The number of aliphatic hydroxyl groups is 1. The van der Waals surface area contributed by atoms with Gasteiger partial charge >= 0.3 is 5.97 Å². The number of rotatable bonds is 8. The van der Waals surface area contributed by atoms with E-state index < -0.39 is 23.7 Å². The molecule has 7 rings (SSSR count).